The van der Waals surface area contributed by atoms with Gasteiger partial charge >= 0.3 is 5.97 Å². The van der Waals surface area contributed by atoms with E-state index >= 15 is 0 Å². The molecule has 4 heteroatoms. The van der Waals surface area contributed by atoms with Gasteiger partial charge in [0.15, 0.2) is 0 Å². The summed E-state index contributed by atoms with van der Waals surface area (Å²) in [5.41, 5.74) is 8.99. The third kappa shape index (κ3) is 3.26. The Balaban J connectivity index is 2.10. The van der Waals surface area contributed by atoms with Gasteiger partial charge in [0, 0.05) is 11.7 Å². The number of rotatable bonds is 5. The molecule has 0 radical (unpaired) electrons. The molecule has 0 amide bonds. The lowest BCUT2D eigenvalue weighted by atomic mass is 10.0. The molecule has 0 aliphatic heterocycles. The van der Waals surface area contributed by atoms with Crippen LogP contribution in [0.15, 0.2) is 18.2 Å². The molecule has 2 atom stereocenters. The number of fused-ring (bicyclic) bond motifs is 1. The first-order chi connectivity index (χ1) is 8.97. The van der Waals surface area contributed by atoms with Crippen molar-refractivity contribution >= 4 is 11.7 Å². The van der Waals surface area contributed by atoms with Crippen LogP contribution < -0.4 is 11.1 Å². The highest BCUT2D eigenvalue weighted by molar-refractivity contribution is 5.73. The molecule has 0 fully saturated rings. The average Bonchev–Trinajstić information content (AvgIpc) is 2.70. The van der Waals surface area contributed by atoms with Crippen LogP contribution in [-0.4, -0.2) is 17.1 Å². The van der Waals surface area contributed by atoms with Crippen molar-refractivity contribution in [1.82, 2.24) is 5.32 Å². The molecule has 2 rings (SSSR count). The lowest BCUT2D eigenvalue weighted by Gasteiger charge is -2.22. The zero-order valence-electron chi connectivity index (χ0n) is 11.5. The molecule has 104 valence electrons. The predicted molar refractivity (Wildman–Crippen MR) is 75.9 cm³/mol. The summed E-state index contributed by atoms with van der Waals surface area (Å²) in [6.07, 6.45) is 2.56. The van der Waals surface area contributed by atoms with Gasteiger partial charge in [-0.1, -0.05) is 19.9 Å². The molecule has 0 saturated heterocycles. The van der Waals surface area contributed by atoms with E-state index in [1.54, 1.807) is 0 Å². The second kappa shape index (κ2) is 5.61. The number of nitrogens with two attached hydrogens (primary N) is 1. The fourth-order valence-electron chi connectivity index (χ4n) is 2.76. The second-order valence-electron chi connectivity index (χ2n) is 5.74. The van der Waals surface area contributed by atoms with Crippen molar-refractivity contribution < 1.29 is 9.90 Å². The first-order valence-corrected chi connectivity index (χ1v) is 6.84. The molecule has 0 bridgehead atoms. The van der Waals surface area contributed by atoms with Crippen molar-refractivity contribution in [2.24, 2.45) is 5.92 Å². The summed E-state index contributed by atoms with van der Waals surface area (Å²) >= 11 is 0. The van der Waals surface area contributed by atoms with E-state index in [9.17, 15) is 9.90 Å². The molecule has 0 spiro atoms. The number of carbonyl (C=O) groups is 1. The highest BCUT2D eigenvalue weighted by Gasteiger charge is 2.28. The van der Waals surface area contributed by atoms with E-state index in [0.717, 1.165) is 18.5 Å². The Labute approximate surface area is 114 Å². The van der Waals surface area contributed by atoms with Gasteiger partial charge in [-0.05, 0) is 48.4 Å². The van der Waals surface area contributed by atoms with E-state index < -0.39 is 12.0 Å². The summed E-state index contributed by atoms with van der Waals surface area (Å²) in [6, 6.07) is 5.56. The Morgan fingerprint density at radius 2 is 2.26 bits per heavy atom. The number of hydrogen-bond acceptors (Lipinski definition) is 3. The van der Waals surface area contributed by atoms with E-state index in [1.807, 2.05) is 32.0 Å². The fourth-order valence-corrected chi connectivity index (χ4v) is 2.76. The van der Waals surface area contributed by atoms with Gasteiger partial charge < -0.3 is 10.8 Å². The number of nitrogens with one attached hydrogen (secondary N) is 1. The first-order valence-electron chi connectivity index (χ1n) is 6.84. The summed E-state index contributed by atoms with van der Waals surface area (Å²) in [5, 5.41) is 12.6. The van der Waals surface area contributed by atoms with Gasteiger partial charge in [0.25, 0.3) is 0 Å². The Hall–Kier alpha value is -1.55. The molecule has 1 aliphatic rings. The van der Waals surface area contributed by atoms with Crippen molar-refractivity contribution in [1.29, 1.82) is 0 Å². The first kappa shape index (κ1) is 13.9. The van der Waals surface area contributed by atoms with Crippen LogP contribution in [-0.2, 0) is 11.2 Å². The second-order valence-corrected chi connectivity index (χ2v) is 5.74. The van der Waals surface area contributed by atoms with E-state index in [-0.39, 0.29) is 6.04 Å². The molecule has 1 aromatic rings. The zero-order valence-corrected chi connectivity index (χ0v) is 11.5. The monoisotopic (exact) mass is 262 g/mol. The molecule has 0 aromatic heterocycles. The van der Waals surface area contributed by atoms with Gasteiger partial charge in [-0.3, -0.25) is 10.1 Å². The predicted octanol–water partition coefficient (Wildman–Crippen LogP) is 2.35. The quantitative estimate of drug-likeness (QED) is 0.712. The lowest BCUT2D eigenvalue weighted by Crippen LogP contribution is -2.39. The Morgan fingerprint density at radius 1 is 1.53 bits per heavy atom. The molecule has 0 heterocycles. The number of anilines is 1. The summed E-state index contributed by atoms with van der Waals surface area (Å²) in [4.78, 5) is 11.3. The smallest absolute Gasteiger partial charge is 0.320 e. The summed E-state index contributed by atoms with van der Waals surface area (Å²) in [7, 11) is 0. The molecule has 4 nitrogen and oxygen atoms in total. The Kier molecular flexibility index (Phi) is 4.10. The van der Waals surface area contributed by atoms with E-state index in [1.165, 1.54) is 11.1 Å². The van der Waals surface area contributed by atoms with Crippen LogP contribution in [0, 0.1) is 5.92 Å². The molecule has 2 unspecified atom stereocenters. The normalized spacial score (nSPS) is 19.4. The summed E-state index contributed by atoms with van der Waals surface area (Å²) in [6.45, 7) is 4.09. The Bertz CT molecular complexity index is 471. The van der Waals surface area contributed by atoms with Gasteiger partial charge in [0.2, 0.25) is 0 Å². The van der Waals surface area contributed by atoms with Gasteiger partial charge in [-0.25, -0.2) is 0 Å². The van der Waals surface area contributed by atoms with Crippen LogP contribution in [0.4, 0.5) is 5.69 Å². The average molecular weight is 262 g/mol. The minimum absolute atomic E-state index is 0.135. The largest absolute Gasteiger partial charge is 0.480 e. The van der Waals surface area contributed by atoms with Crippen LogP contribution in [0.1, 0.15) is 43.9 Å². The highest BCUT2D eigenvalue weighted by Crippen LogP contribution is 2.33. The molecule has 4 N–H and O–H groups in total. The third-order valence-corrected chi connectivity index (χ3v) is 3.65. The molecule has 0 saturated carbocycles. The van der Waals surface area contributed by atoms with Crippen molar-refractivity contribution in [2.75, 3.05) is 5.73 Å². The summed E-state index contributed by atoms with van der Waals surface area (Å²) < 4.78 is 0. The van der Waals surface area contributed by atoms with E-state index in [0.29, 0.717) is 12.3 Å². The molecule has 1 aliphatic carbocycles. The number of benzene rings is 1. The van der Waals surface area contributed by atoms with Crippen molar-refractivity contribution in [3.63, 3.8) is 0 Å². The molecular formula is C15H22N2O2. The number of hydrogen-bond donors (Lipinski definition) is 3. The number of aliphatic carboxylic acids is 1. The number of aryl methyl sites for hydroxylation is 1. The van der Waals surface area contributed by atoms with Crippen molar-refractivity contribution in [3.05, 3.63) is 29.3 Å². The summed E-state index contributed by atoms with van der Waals surface area (Å²) in [5.74, 6) is -0.404. The van der Waals surface area contributed by atoms with E-state index in [2.05, 4.69) is 5.32 Å². The minimum Gasteiger partial charge on any atom is -0.480 e. The number of carboxylic acids is 1. The highest BCUT2D eigenvalue weighted by atomic mass is 16.4. The fraction of sp³-hybridized carbons (Fsp3) is 0.533. The van der Waals surface area contributed by atoms with Crippen molar-refractivity contribution in [3.8, 4) is 0 Å². The maximum Gasteiger partial charge on any atom is 0.320 e. The molecular weight excluding hydrogens is 240 g/mol. The van der Waals surface area contributed by atoms with Gasteiger partial charge in [0.05, 0.1) is 0 Å². The van der Waals surface area contributed by atoms with Crippen molar-refractivity contribution in [2.45, 2.75) is 45.2 Å². The zero-order chi connectivity index (χ0) is 14.0. The SMILES string of the molecule is CC(C)CC(NC1CCc2cc(N)ccc21)C(=O)O. The number of carboxylic acid groups (broad SMARTS) is 1. The standard InChI is InChI=1S/C15H22N2O2/c1-9(2)7-14(15(18)19)17-13-6-3-10-8-11(16)4-5-12(10)13/h4-5,8-9,13-14,17H,3,6-7,16H2,1-2H3,(H,18,19). The topological polar surface area (TPSA) is 75.3 Å². The van der Waals surface area contributed by atoms with Crippen LogP contribution in [0.3, 0.4) is 0 Å². The van der Waals surface area contributed by atoms with Crippen LogP contribution in [0.5, 0.6) is 0 Å². The van der Waals surface area contributed by atoms with Gasteiger partial charge in [-0.15, -0.1) is 0 Å². The van der Waals surface area contributed by atoms with Crippen LogP contribution in [0.2, 0.25) is 0 Å². The molecule has 1 aromatic carbocycles. The molecule has 19 heavy (non-hydrogen) atoms. The van der Waals surface area contributed by atoms with Gasteiger partial charge in [-0.2, -0.15) is 0 Å². The van der Waals surface area contributed by atoms with Crippen LogP contribution >= 0.6 is 0 Å². The van der Waals surface area contributed by atoms with Crippen LogP contribution in [0.25, 0.3) is 0 Å². The Morgan fingerprint density at radius 3 is 2.89 bits per heavy atom. The maximum atomic E-state index is 11.3. The third-order valence-electron chi connectivity index (χ3n) is 3.65. The lowest BCUT2D eigenvalue weighted by molar-refractivity contribution is -0.140. The van der Waals surface area contributed by atoms with E-state index in [4.69, 9.17) is 5.73 Å². The number of nitrogen functional groups attached to an aromatic ring is 1. The van der Waals surface area contributed by atoms with Gasteiger partial charge in [0.1, 0.15) is 6.04 Å². The minimum atomic E-state index is -0.766. The maximum absolute atomic E-state index is 11.3.